The standard InChI is InChI=1S/C28H32N2O/c31-28(22-15-8-3-9-16-22)30-25-18-10-17-23-24(20-11-4-1-5-12-20)19-26(29-27(23)25)21-13-6-2-7-14-21/h3,8-10,15-21H,1-2,4-7,11-14H2,(H,30,31). The lowest BCUT2D eigenvalue weighted by atomic mass is 9.80. The quantitative estimate of drug-likeness (QED) is 0.480. The molecule has 2 saturated carbocycles. The third-order valence-corrected chi connectivity index (χ3v) is 7.24. The molecule has 0 spiro atoms. The number of hydrogen-bond acceptors (Lipinski definition) is 2. The first kappa shape index (κ1) is 20.2. The molecule has 160 valence electrons. The van der Waals surface area contributed by atoms with E-state index in [4.69, 9.17) is 4.98 Å². The Labute approximate surface area is 185 Å². The molecular weight excluding hydrogens is 380 g/mol. The molecule has 2 fully saturated rings. The van der Waals surface area contributed by atoms with Gasteiger partial charge in [-0.05, 0) is 61.4 Å². The van der Waals surface area contributed by atoms with Gasteiger partial charge in [0, 0.05) is 22.6 Å². The Morgan fingerprint density at radius 3 is 2.16 bits per heavy atom. The number of fused-ring (bicyclic) bond motifs is 1. The Bertz CT molecular complexity index is 1050. The van der Waals surface area contributed by atoms with Crippen LogP contribution in [0.25, 0.3) is 10.9 Å². The zero-order valence-corrected chi connectivity index (χ0v) is 18.3. The lowest BCUT2D eigenvalue weighted by Gasteiger charge is -2.27. The van der Waals surface area contributed by atoms with Crippen LogP contribution in [0.1, 0.15) is 97.7 Å². The van der Waals surface area contributed by atoms with Crippen LogP contribution < -0.4 is 5.32 Å². The summed E-state index contributed by atoms with van der Waals surface area (Å²) in [5.41, 5.74) is 5.18. The lowest BCUT2D eigenvalue weighted by molar-refractivity contribution is 0.102. The summed E-state index contributed by atoms with van der Waals surface area (Å²) < 4.78 is 0. The molecule has 0 radical (unpaired) electrons. The molecule has 1 heterocycles. The molecule has 2 aliphatic rings. The molecule has 1 amide bonds. The number of amides is 1. The van der Waals surface area contributed by atoms with Gasteiger partial charge in [-0.25, -0.2) is 0 Å². The van der Waals surface area contributed by atoms with Crippen LogP contribution in [-0.4, -0.2) is 10.9 Å². The van der Waals surface area contributed by atoms with Crippen molar-refractivity contribution >= 4 is 22.5 Å². The van der Waals surface area contributed by atoms with Crippen LogP contribution in [0.5, 0.6) is 0 Å². The number of carbonyl (C=O) groups excluding carboxylic acids is 1. The molecule has 1 aromatic heterocycles. The zero-order chi connectivity index (χ0) is 21.0. The molecule has 3 heteroatoms. The van der Waals surface area contributed by atoms with E-state index in [0.717, 1.165) is 11.2 Å². The number of rotatable bonds is 4. The van der Waals surface area contributed by atoms with Crippen molar-refractivity contribution in [3.8, 4) is 0 Å². The van der Waals surface area contributed by atoms with E-state index in [1.165, 1.54) is 80.9 Å². The number of benzene rings is 2. The molecule has 3 aromatic rings. The van der Waals surface area contributed by atoms with Gasteiger partial charge >= 0.3 is 0 Å². The summed E-state index contributed by atoms with van der Waals surface area (Å²) in [6, 6.07) is 18.2. The van der Waals surface area contributed by atoms with Crippen LogP contribution >= 0.6 is 0 Å². The van der Waals surface area contributed by atoms with E-state index in [1.807, 2.05) is 36.4 Å². The topological polar surface area (TPSA) is 42.0 Å². The maximum atomic E-state index is 12.9. The van der Waals surface area contributed by atoms with Gasteiger partial charge in [-0.2, -0.15) is 0 Å². The third-order valence-electron chi connectivity index (χ3n) is 7.24. The number of hydrogen-bond donors (Lipinski definition) is 1. The molecular formula is C28H32N2O. The van der Waals surface area contributed by atoms with Gasteiger partial charge in [-0.1, -0.05) is 68.9 Å². The van der Waals surface area contributed by atoms with Gasteiger partial charge in [0.15, 0.2) is 0 Å². The van der Waals surface area contributed by atoms with Crippen molar-refractivity contribution in [3.05, 3.63) is 71.4 Å². The van der Waals surface area contributed by atoms with Crippen molar-refractivity contribution in [2.45, 2.75) is 76.0 Å². The highest BCUT2D eigenvalue weighted by Crippen LogP contribution is 2.40. The molecule has 0 aliphatic heterocycles. The van der Waals surface area contributed by atoms with E-state index in [0.29, 0.717) is 17.4 Å². The first-order valence-corrected chi connectivity index (χ1v) is 12.1. The highest BCUT2D eigenvalue weighted by Gasteiger charge is 2.24. The van der Waals surface area contributed by atoms with Gasteiger partial charge in [-0.3, -0.25) is 9.78 Å². The van der Waals surface area contributed by atoms with Gasteiger partial charge in [-0.15, -0.1) is 0 Å². The van der Waals surface area contributed by atoms with Crippen LogP contribution in [-0.2, 0) is 0 Å². The van der Waals surface area contributed by atoms with Crippen molar-refractivity contribution in [3.63, 3.8) is 0 Å². The molecule has 0 saturated heterocycles. The lowest BCUT2D eigenvalue weighted by Crippen LogP contribution is -2.14. The van der Waals surface area contributed by atoms with Crippen LogP contribution in [0.3, 0.4) is 0 Å². The number of aromatic nitrogens is 1. The molecule has 5 rings (SSSR count). The highest BCUT2D eigenvalue weighted by atomic mass is 16.1. The van der Waals surface area contributed by atoms with Gasteiger partial charge in [0.1, 0.15) is 0 Å². The molecule has 1 N–H and O–H groups in total. The Morgan fingerprint density at radius 2 is 1.45 bits per heavy atom. The molecule has 3 nitrogen and oxygen atoms in total. The van der Waals surface area contributed by atoms with Gasteiger partial charge in [0.2, 0.25) is 0 Å². The average Bonchev–Trinajstić information content (AvgIpc) is 2.85. The Kier molecular flexibility index (Phi) is 6.01. The second-order valence-corrected chi connectivity index (χ2v) is 9.33. The molecule has 0 atom stereocenters. The third kappa shape index (κ3) is 4.37. The second-order valence-electron chi connectivity index (χ2n) is 9.33. The van der Waals surface area contributed by atoms with Crippen molar-refractivity contribution in [1.29, 1.82) is 0 Å². The smallest absolute Gasteiger partial charge is 0.255 e. The summed E-state index contributed by atoms with van der Waals surface area (Å²) in [5.74, 6) is 1.09. The summed E-state index contributed by atoms with van der Waals surface area (Å²) in [6.07, 6.45) is 12.9. The maximum Gasteiger partial charge on any atom is 0.255 e. The van der Waals surface area contributed by atoms with E-state index in [9.17, 15) is 4.79 Å². The number of para-hydroxylation sites is 1. The average molecular weight is 413 g/mol. The predicted octanol–water partition coefficient (Wildman–Crippen LogP) is 7.58. The maximum absolute atomic E-state index is 12.9. The molecule has 31 heavy (non-hydrogen) atoms. The summed E-state index contributed by atoms with van der Waals surface area (Å²) in [7, 11) is 0. The van der Waals surface area contributed by atoms with Crippen molar-refractivity contribution in [2.75, 3.05) is 5.32 Å². The van der Waals surface area contributed by atoms with Crippen LogP contribution in [0, 0.1) is 0 Å². The van der Waals surface area contributed by atoms with Crippen molar-refractivity contribution in [1.82, 2.24) is 4.98 Å². The number of carbonyl (C=O) groups is 1. The van der Waals surface area contributed by atoms with Crippen molar-refractivity contribution in [2.24, 2.45) is 0 Å². The largest absolute Gasteiger partial charge is 0.320 e. The number of anilines is 1. The van der Waals surface area contributed by atoms with Crippen LogP contribution in [0.4, 0.5) is 5.69 Å². The molecule has 0 bridgehead atoms. The van der Waals surface area contributed by atoms with E-state index >= 15 is 0 Å². The summed E-state index contributed by atoms with van der Waals surface area (Å²) >= 11 is 0. The van der Waals surface area contributed by atoms with Crippen molar-refractivity contribution < 1.29 is 4.79 Å². The molecule has 2 aromatic carbocycles. The minimum Gasteiger partial charge on any atom is -0.320 e. The van der Waals surface area contributed by atoms with Gasteiger partial charge < -0.3 is 5.32 Å². The minimum absolute atomic E-state index is 0.0721. The summed E-state index contributed by atoms with van der Waals surface area (Å²) in [4.78, 5) is 18.1. The monoisotopic (exact) mass is 412 g/mol. The van der Waals surface area contributed by atoms with E-state index < -0.39 is 0 Å². The van der Waals surface area contributed by atoms with E-state index in [2.05, 4.69) is 23.5 Å². The first-order valence-electron chi connectivity index (χ1n) is 12.1. The fourth-order valence-electron chi connectivity index (χ4n) is 5.54. The van der Waals surface area contributed by atoms with E-state index in [-0.39, 0.29) is 5.91 Å². The minimum atomic E-state index is -0.0721. The normalized spacial score (nSPS) is 18.2. The summed E-state index contributed by atoms with van der Waals surface area (Å²) in [6.45, 7) is 0. The SMILES string of the molecule is O=C(Nc1cccc2c(C3CCCCC3)cc(C3CCCCC3)nc12)c1ccccc1. The fourth-order valence-corrected chi connectivity index (χ4v) is 5.54. The Balaban J connectivity index is 1.58. The van der Waals surface area contributed by atoms with Gasteiger partial charge in [0.25, 0.3) is 5.91 Å². The number of pyridine rings is 1. The van der Waals surface area contributed by atoms with Gasteiger partial charge in [0.05, 0.1) is 11.2 Å². The first-order chi connectivity index (χ1) is 15.3. The summed E-state index contributed by atoms with van der Waals surface area (Å²) in [5, 5.41) is 4.38. The molecule has 2 aliphatic carbocycles. The Hall–Kier alpha value is -2.68. The fraction of sp³-hybridized carbons (Fsp3) is 0.429. The zero-order valence-electron chi connectivity index (χ0n) is 18.3. The predicted molar refractivity (Wildman–Crippen MR) is 128 cm³/mol. The number of nitrogens with zero attached hydrogens (tertiary/aromatic N) is 1. The second kappa shape index (κ2) is 9.21. The highest BCUT2D eigenvalue weighted by molar-refractivity contribution is 6.08. The molecule has 0 unspecified atom stereocenters. The number of nitrogens with one attached hydrogen (secondary N) is 1. The van der Waals surface area contributed by atoms with Crippen LogP contribution in [0.15, 0.2) is 54.6 Å². The van der Waals surface area contributed by atoms with E-state index in [1.54, 1.807) is 0 Å². The Morgan fingerprint density at radius 1 is 0.774 bits per heavy atom. The van der Waals surface area contributed by atoms with Crippen LogP contribution in [0.2, 0.25) is 0 Å².